The topological polar surface area (TPSA) is 84.6 Å². The van der Waals surface area contributed by atoms with Gasteiger partial charge in [0.25, 0.3) is 5.69 Å². The Morgan fingerprint density at radius 3 is 2.81 bits per heavy atom. The fourth-order valence-electron chi connectivity index (χ4n) is 1.40. The first-order valence-corrected chi connectivity index (χ1v) is 4.75. The maximum atomic E-state index is 10.8. The van der Waals surface area contributed by atoms with Crippen LogP contribution in [0.25, 0.3) is 0 Å². The molecule has 1 aromatic rings. The molecule has 6 nitrogen and oxygen atoms in total. The van der Waals surface area contributed by atoms with Gasteiger partial charge in [0.15, 0.2) is 0 Å². The molecule has 88 valence electrons. The number of hydrogen-bond donors (Lipinski definition) is 2. The molecule has 0 aromatic heterocycles. The number of aliphatic hydroxyl groups is 1. The van der Waals surface area contributed by atoms with Gasteiger partial charge in [0.1, 0.15) is 5.75 Å². The Balaban J connectivity index is 3.14. The fourth-order valence-corrected chi connectivity index (χ4v) is 1.40. The van der Waals surface area contributed by atoms with Gasteiger partial charge in [-0.05, 0) is 19.2 Å². The molecule has 0 aliphatic carbocycles. The molecule has 6 heteroatoms. The monoisotopic (exact) mass is 226 g/mol. The average molecular weight is 226 g/mol. The highest BCUT2D eigenvalue weighted by Crippen LogP contribution is 2.28. The summed E-state index contributed by atoms with van der Waals surface area (Å²) in [5.74, 6) is 0.482. The SMILES string of the molecule is CNCC(O)c1cc(OC)ccc1[N+](=O)[O-]. The Bertz CT molecular complexity index is 381. The lowest BCUT2D eigenvalue weighted by Crippen LogP contribution is -2.17. The van der Waals surface area contributed by atoms with Crippen LogP contribution in [-0.4, -0.2) is 30.7 Å². The molecule has 16 heavy (non-hydrogen) atoms. The van der Waals surface area contributed by atoms with E-state index in [2.05, 4.69) is 5.32 Å². The third-order valence-electron chi connectivity index (χ3n) is 2.19. The summed E-state index contributed by atoms with van der Waals surface area (Å²) in [7, 11) is 3.13. The second-order valence-corrected chi connectivity index (χ2v) is 3.26. The number of hydrogen-bond acceptors (Lipinski definition) is 5. The molecule has 1 rings (SSSR count). The van der Waals surface area contributed by atoms with Crippen LogP contribution in [0.15, 0.2) is 18.2 Å². The van der Waals surface area contributed by atoms with E-state index in [9.17, 15) is 15.2 Å². The van der Waals surface area contributed by atoms with Crippen LogP contribution in [0, 0.1) is 10.1 Å². The van der Waals surface area contributed by atoms with Crippen LogP contribution in [0.5, 0.6) is 5.75 Å². The van der Waals surface area contributed by atoms with Crippen molar-refractivity contribution in [1.29, 1.82) is 0 Å². The normalized spacial score (nSPS) is 12.2. The maximum Gasteiger partial charge on any atom is 0.275 e. The molecule has 0 aliphatic heterocycles. The van der Waals surface area contributed by atoms with Gasteiger partial charge in [-0.15, -0.1) is 0 Å². The Kier molecular flexibility index (Phi) is 4.21. The van der Waals surface area contributed by atoms with Gasteiger partial charge < -0.3 is 15.2 Å². The van der Waals surface area contributed by atoms with E-state index < -0.39 is 11.0 Å². The van der Waals surface area contributed by atoms with Crippen molar-refractivity contribution in [2.75, 3.05) is 20.7 Å². The number of nitro groups is 1. The van der Waals surface area contributed by atoms with Gasteiger partial charge >= 0.3 is 0 Å². The number of nitrogens with one attached hydrogen (secondary N) is 1. The van der Waals surface area contributed by atoms with E-state index in [1.807, 2.05) is 0 Å². The third-order valence-corrected chi connectivity index (χ3v) is 2.19. The molecule has 1 atom stereocenters. The molecule has 0 amide bonds. The molecule has 0 fully saturated rings. The van der Waals surface area contributed by atoms with Gasteiger partial charge in [-0.2, -0.15) is 0 Å². The van der Waals surface area contributed by atoms with E-state index >= 15 is 0 Å². The first-order chi connectivity index (χ1) is 7.60. The van der Waals surface area contributed by atoms with Gasteiger partial charge in [-0.1, -0.05) is 0 Å². The lowest BCUT2D eigenvalue weighted by Gasteiger charge is -2.11. The number of aliphatic hydroxyl groups excluding tert-OH is 1. The first kappa shape index (κ1) is 12.4. The van der Waals surface area contributed by atoms with E-state index in [0.29, 0.717) is 5.75 Å². The standard InChI is InChI=1S/C10H14N2O4/c1-11-6-10(13)8-5-7(16-2)3-4-9(8)12(14)15/h3-5,10-11,13H,6H2,1-2H3. The van der Waals surface area contributed by atoms with Crippen LogP contribution in [0.2, 0.25) is 0 Å². The molecule has 0 saturated heterocycles. The number of nitrogens with zero attached hydrogens (tertiary/aromatic N) is 1. The lowest BCUT2D eigenvalue weighted by molar-refractivity contribution is -0.386. The van der Waals surface area contributed by atoms with E-state index in [-0.39, 0.29) is 17.8 Å². The summed E-state index contributed by atoms with van der Waals surface area (Å²) in [5, 5.41) is 23.3. The van der Waals surface area contributed by atoms with Crippen molar-refractivity contribution in [3.63, 3.8) is 0 Å². The second kappa shape index (κ2) is 5.43. The number of benzene rings is 1. The van der Waals surface area contributed by atoms with Crippen molar-refractivity contribution in [2.45, 2.75) is 6.10 Å². The Morgan fingerprint density at radius 2 is 2.31 bits per heavy atom. The number of methoxy groups -OCH3 is 1. The molecule has 0 spiro atoms. The number of ether oxygens (including phenoxy) is 1. The zero-order chi connectivity index (χ0) is 12.1. The highest BCUT2D eigenvalue weighted by molar-refractivity contribution is 5.46. The van der Waals surface area contributed by atoms with E-state index in [4.69, 9.17) is 4.74 Å². The molecule has 2 N–H and O–H groups in total. The van der Waals surface area contributed by atoms with E-state index in [1.54, 1.807) is 7.05 Å². The predicted octanol–water partition coefficient (Wildman–Crippen LogP) is 0.856. The fraction of sp³-hybridized carbons (Fsp3) is 0.400. The zero-order valence-electron chi connectivity index (χ0n) is 9.14. The third kappa shape index (κ3) is 2.68. The van der Waals surface area contributed by atoms with Crippen molar-refractivity contribution in [3.05, 3.63) is 33.9 Å². The minimum atomic E-state index is -0.930. The van der Waals surface area contributed by atoms with Crippen LogP contribution >= 0.6 is 0 Å². The number of nitro benzene ring substituents is 1. The quantitative estimate of drug-likeness (QED) is 0.574. The van der Waals surface area contributed by atoms with Crippen molar-refractivity contribution >= 4 is 5.69 Å². The van der Waals surface area contributed by atoms with Gasteiger partial charge in [0.2, 0.25) is 0 Å². The summed E-state index contributed by atoms with van der Waals surface area (Å²) in [6.07, 6.45) is -0.930. The largest absolute Gasteiger partial charge is 0.497 e. The van der Waals surface area contributed by atoms with Crippen LogP contribution in [0.3, 0.4) is 0 Å². The molecule has 0 saturated carbocycles. The second-order valence-electron chi connectivity index (χ2n) is 3.26. The van der Waals surface area contributed by atoms with Crippen molar-refractivity contribution in [2.24, 2.45) is 0 Å². The highest BCUT2D eigenvalue weighted by atomic mass is 16.6. The Hall–Kier alpha value is -1.66. The Morgan fingerprint density at radius 1 is 1.62 bits per heavy atom. The van der Waals surface area contributed by atoms with E-state index in [0.717, 1.165) is 0 Å². The maximum absolute atomic E-state index is 10.8. The number of rotatable bonds is 5. The van der Waals surface area contributed by atoms with Crippen molar-refractivity contribution in [3.8, 4) is 5.75 Å². The first-order valence-electron chi connectivity index (χ1n) is 4.75. The van der Waals surface area contributed by atoms with E-state index in [1.165, 1.54) is 25.3 Å². The predicted molar refractivity (Wildman–Crippen MR) is 58.5 cm³/mol. The van der Waals surface area contributed by atoms with Crippen LogP contribution in [0.1, 0.15) is 11.7 Å². The van der Waals surface area contributed by atoms with Gasteiger partial charge in [0.05, 0.1) is 23.7 Å². The molecular weight excluding hydrogens is 212 g/mol. The average Bonchev–Trinajstić information content (AvgIpc) is 2.28. The van der Waals surface area contributed by atoms with Gasteiger partial charge in [0, 0.05) is 12.6 Å². The van der Waals surface area contributed by atoms with Gasteiger partial charge in [-0.3, -0.25) is 10.1 Å². The summed E-state index contributed by atoms with van der Waals surface area (Å²) in [4.78, 5) is 10.2. The number of likely N-dealkylation sites (N-methyl/N-ethyl adjacent to an activating group) is 1. The Labute approximate surface area is 93.0 Å². The van der Waals surface area contributed by atoms with Crippen LogP contribution in [0.4, 0.5) is 5.69 Å². The molecule has 0 aliphatic rings. The van der Waals surface area contributed by atoms with Crippen molar-refractivity contribution in [1.82, 2.24) is 5.32 Å². The van der Waals surface area contributed by atoms with Crippen LogP contribution < -0.4 is 10.1 Å². The molecule has 1 aromatic carbocycles. The molecular formula is C10H14N2O4. The van der Waals surface area contributed by atoms with Crippen LogP contribution in [-0.2, 0) is 0 Å². The minimum absolute atomic E-state index is 0.108. The summed E-state index contributed by atoms with van der Waals surface area (Å²) in [6.45, 7) is 0.244. The summed E-state index contributed by atoms with van der Waals surface area (Å²) in [6, 6.07) is 4.29. The summed E-state index contributed by atoms with van der Waals surface area (Å²) in [5.41, 5.74) is 0.141. The molecule has 1 unspecified atom stereocenters. The summed E-state index contributed by atoms with van der Waals surface area (Å²) < 4.78 is 4.96. The zero-order valence-corrected chi connectivity index (χ0v) is 9.14. The highest BCUT2D eigenvalue weighted by Gasteiger charge is 2.20. The summed E-state index contributed by atoms with van der Waals surface area (Å²) >= 11 is 0. The smallest absolute Gasteiger partial charge is 0.275 e. The van der Waals surface area contributed by atoms with Crippen molar-refractivity contribution < 1.29 is 14.8 Å². The minimum Gasteiger partial charge on any atom is -0.497 e. The molecule has 0 heterocycles. The lowest BCUT2D eigenvalue weighted by atomic mass is 10.1. The molecule has 0 radical (unpaired) electrons. The van der Waals surface area contributed by atoms with Gasteiger partial charge in [-0.25, -0.2) is 0 Å². The molecule has 0 bridgehead atoms.